The van der Waals surface area contributed by atoms with Crippen molar-refractivity contribution in [2.45, 2.75) is 13.3 Å². The Kier molecular flexibility index (Phi) is 7.64. The first kappa shape index (κ1) is 19.5. The standard InChI is InChI=1S/C20H22O6/c1-3-12-24-17-8-4-16(5-9-17)20(22)26-18-10-6-15(7-11-18)19(21)25-14-13-23-2/h4-11H,3,12-14H2,1-2H3. The SMILES string of the molecule is CCCOc1ccc(C(=O)Oc2ccc(C(=O)OCCOC)cc2)cc1. The highest BCUT2D eigenvalue weighted by Gasteiger charge is 2.11. The van der Waals surface area contributed by atoms with Crippen molar-refractivity contribution in [1.29, 1.82) is 0 Å². The van der Waals surface area contributed by atoms with Crippen LogP contribution in [0.3, 0.4) is 0 Å². The number of hydrogen-bond acceptors (Lipinski definition) is 6. The molecule has 2 rings (SSSR count). The van der Waals surface area contributed by atoms with Crippen molar-refractivity contribution >= 4 is 11.9 Å². The summed E-state index contributed by atoms with van der Waals surface area (Å²) in [7, 11) is 1.53. The molecule has 0 aliphatic carbocycles. The summed E-state index contributed by atoms with van der Waals surface area (Å²) in [6.07, 6.45) is 0.916. The highest BCUT2D eigenvalue weighted by molar-refractivity contribution is 5.92. The van der Waals surface area contributed by atoms with Crippen LogP contribution in [0.4, 0.5) is 0 Å². The quantitative estimate of drug-likeness (QED) is 0.388. The van der Waals surface area contributed by atoms with E-state index in [-0.39, 0.29) is 6.61 Å². The fraction of sp³-hybridized carbons (Fsp3) is 0.300. The van der Waals surface area contributed by atoms with Crippen LogP contribution in [-0.4, -0.2) is 38.9 Å². The van der Waals surface area contributed by atoms with Crippen LogP contribution in [0.2, 0.25) is 0 Å². The Morgan fingerprint density at radius 2 is 1.35 bits per heavy atom. The second-order valence-corrected chi connectivity index (χ2v) is 5.42. The van der Waals surface area contributed by atoms with Crippen molar-refractivity contribution in [3.05, 3.63) is 59.7 Å². The van der Waals surface area contributed by atoms with Gasteiger partial charge in [0.2, 0.25) is 0 Å². The van der Waals surface area contributed by atoms with Gasteiger partial charge in [0.25, 0.3) is 0 Å². The average Bonchev–Trinajstić information content (AvgIpc) is 2.67. The Hall–Kier alpha value is -2.86. The molecule has 0 bridgehead atoms. The maximum Gasteiger partial charge on any atom is 0.343 e. The van der Waals surface area contributed by atoms with Crippen LogP contribution in [0, 0.1) is 0 Å². The van der Waals surface area contributed by atoms with E-state index < -0.39 is 11.9 Å². The van der Waals surface area contributed by atoms with Crippen LogP contribution in [-0.2, 0) is 9.47 Å². The number of carbonyl (C=O) groups is 2. The monoisotopic (exact) mass is 358 g/mol. The van der Waals surface area contributed by atoms with Gasteiger partial charge in [-0.05, 0) is 55.0 Å². The van der Waals surface area contributed by atoms with Gasteiger partial charge in [0.1, 0.15) is 18.1 Å². The lowest BCUT2D eigenvalue weighted by Crippen LogP contribution is -2.11. The molecule has 0 saturated carbocycles. The molecule has 0 saturated heterocycles. The van der Waals surface area contributed by atoms with Crippen LogP contribution in [0.5, 0.6) is 11.5 Å². The van der Waals surface area contributed by atoms with E-state index in [1.165, 1.54) is 7.11 Å². The molecule has 0 atom stereocenters. The first-order valence-corrected chi connectivity index (χ1v) is 8.35. The van der Waals surface area contributed by atoms with Gasteiger partial charge >= 0.3 is 11.9 Å². The Bertz CT molecular complexity index is 706. The normalized spacial score (nSPS) is 10.2. The average molecular weight is 358 g/mol. The smallest absolute Gasteiger partial charge is 0.343 e. The lowest BCUT2D eigenvalue weighted by molar-refractivity contribution is 0.0388. The minimum atomic E-state index is -0.484. The second kappa shape index (κ2) is 10.2. The van der Waals surface area contributed by atoms with Crippen LogP contribution in [0.15, 0.2) is 48.5 Å². The van der Waals surface area contributed by atoms with Crippen molar-refractivity contribution in [1.82, 2.24) is 0 Å². The lowest BCUT2D eigenvalue weighted by atomic mass is 10.2. The van der Waals surface area contributed by atoms with E-state index in [2.05, 4.69) is 0 Å². The van der Waals surface area contributed by atoms with Crippen molar-refractivity contribution in [2.75, 3.05) is 26.9 Å². The maximum absolute atomic E-state index is 12.2. The number of rotatable bonds is 9. The lowest BCUT2D eigenvalue weighted by Gasteiger charge is -2.07. The minimum Gasteiger partial charge on any atom is -0.494 e. The number of esters is 2. The molecule has 138 valence electrons. The molecule has 6 heteroatoms. The van der Waals surface area contributed by atoms with Gasteiger partial charge in [0.05, 0.1) is 24.3 Å². The third-order valence-electron chi connectivity index (χ3n) is 3.38. The molecule has 0 aliphatic rings. The number of benzene rings is 2. The largest absolute Gasteiger partial charge is 0.494 e. The molecule has 0 unspecified atom stereocenters. The van der Waals surface area contributed by atoms with Crippen molar-refractivity contribution in [2.24, 2.45) is 0 Å². The molecule has 0 heterocycles. The highest BCUT2D eigenvalue weighted by Crippen LogP contribution is 2.17. The predicted octanol–water partition coefficient (Wildman–Crippen LogP) is 3.50. The molecule has 26 heavy (non-hydrogen) atoms. The van der Waals surface area contributed by atoms with Gasteiger partial charge in [-0.2, -0.15) is 0 Å². The van der Waals surface area contributed by atoms with Crippen molar-refractivity contribution in [3.63, 3.8) is 0 Å². The summed E-state index contributed by atoms with van der Waals surface area (Å²) in [6, 6.07) is 12.9. The number of methoxy groups -OCH3 is 1. The molecular formula is C20H22O6. The maximum atomic E-state index is 12.2. The third kappa shape index (κ3) is 5.89. The molecular weight excluding hydrogens is 336 g/mol. The predicted molar refractivity (Wildman–Crippen MR) is 95.8 cm³/mol. The van der Waals surface area contributed by atoms with Crippen LogP contribution < -0.4 is 9.47 Å². The molecule has 0 aromatic heterocycles. The van der Waals surface area contributed by atoms with Gasteiger partial charge in [-0.15, -0.1) is 0 Å². The Morgan fingerprint density at radius 1 is 0.769 bits per heavy atom. The summed E-state index contributed by atoms with van der Waals surface area (Å²) >= 11 is 0. The van der Waals surface area contributed by atoms with Gasteiger partial charge in [0.15, 0.2) is 0 Å². The molecule has 6 nitrogen and oxygen atoms in total. The summed E-state index contributed by atoms with van der Waals surface area (Å²) in [5.74, 6) is 0.111. The summed E-state index contributed by atoms with van der Waals surface area (Å²) in [4.78, 5) is 23.9. The fourth-order valence-corrected chi connectivity index (χ4v) is 2.03. The first-order chi connectivity index (χ1) is 12.6. The summed E-state index contributed by atoms with van der Waals surface area (Å²) in [5, 5.41) is 0. The van der Waals surface area contributed by atoms with E-state index >= 15 is 0 Å². The molecule has 2 aromatic rings. The van der Waals surface area contributed by atoms with Gasteiger partial charge in [-0.1, -0.05) is 6.92 Å². The van der Waals surface area contributed by atoms with Crippen molar-refractivity contribution in [3.8, 4) is 11.5 Å². The number of hydrogen-bond donors (Lipinski definition) is 0. The van der Waals surface area contributed by atoms with Gasteiger partial charge in [0, 0.05) is 7.11 Å². The zero-order valence-electron chi connectivity index (χ0n) is 14.9. The molecule has 0 N–H and O–H groups in total. The zero-order chi connectivity index (χ0) is 18.8. The Balaban J connectivity index is 1.91. The van der Waals surface area contributed by atoms with E-state index in [4.69, 9.17) is 18.9 Å². The topological polar surface area (TPSA) is 71.1 Å². The van der Waals surface area contributed by atoms with Crippen LogP contribution in [0.1, 0.15) is 34.1 Å². The zero-order valence-corrected chi connectivity index (χ0v) is 14.9. The molecule has 2 aromatic carbocycles. The molecule has 0 spiro atoms. The summed E-state index contributed by atoms with van der Waals surface area (Å²) in [5.41, 5.74) is 0.787. The molecule has 0 amide bonds. The first-order valence-electron chi connectivity index (χ1n) is 8.35. The molecule has 0 aliphatic heterocycles. The van der Waals surface area contributed by atoms with E-state index in [0.717, 1.165) is 6.42 Å². The highest BCUT2D eigenvalue weighted by atomic mass is 16.6. The van der Waals surface area contributed by atoms with Crippen LogP contribution in [0.25, 0.3) is 0 Å². The third-order valence-corrected chi connectivity index (χ3v) is 3.38. The summed E-state index contributed by atoms with van der Waals surface area (Å²) in [6.45, 7) is 3.17. The van der Waals surface area contributed by atoms with E-state index in [1.54, 1.807) is 48.5 Å². The molecule has 0 fully saturated rings. The Morgan fingerprint density at radius 3 is 1.92 bits per heavy atom. The number of carbonyl (C=O) groups excluding carboxylic acids is 2. The van der Waals surface area contributed by atoms with Gasteiger partial charge in [-0.25, -0.2) is 9.59 Å². The van der Waals surface area contributed by atoms with E-state index in [1.807, 2.05) is 6.92 Å². The molecule has 0 radical (unpaired) electrons. The van der Waals surface area contributed by atoms with Gasteiger partial charge < -0.3 is 18.9 Å². The van der Waals surface area contributed by atoms with Crippen LogP contribution >= 0.6 is 0 Å². The summed E-state index contributed by atoms with van der Waals surface area (Å²) < 4.78 is 20.6. The minimum absolute atomic E-state index is 0.185. The fourth-order valence-electron chi connectivity index (χ4n) is 2.03. The second-order valence-electron chi connectivity index (χ2n) is 5.42. The van der Waals surface area contributed by atoms with Crippen molar-refractivity contribution < 1.29 is 28.5 Å². The number of ether oxygens (including phenoxy) is 4. The van der Waals surface area contributed by atoms with Gasteiger partial charge in [-0.3, -0.25) is 0 Å². The Labute approximate surface area is 152 Å². The van der Waals surface area contributed by atoms with E-state index in [0.29, 0.717) is 35.8 Å². The van der Waals surface area contributed by atoms with E-state index in [9.17, 15) is 9.59 Å².